The lowest BCUT2D eigenvalue weighted by molar-refractivity contribution is 0.445. The molecule has 1 aromatic rings. The molecule has 0 amide bonds. The Balaban J connectivity index is 2.14. The van der Waals surface area contributed by atoms with E-state index >= 15 is 0 Å². The first-order valence-corrected chi connectivity index (χ1v) is 6.79. The molecule has 1 aliphatic rings. The highest BCUT2D eigenvalue weighted by atomic mass is 16.1. The fourth-order valence-electron chi connectivity index (χ4n) is 2.42. The van der Waals surface area contributed by atoms with Crippen LogP contribution in [-0.2, 0) is 6.54 Å². The maximum atomic E-state index is 12.0. The SMILES string of the molecule is C=C(CN)Cn1ncc(N2CCCC(C)C2)cc1=O. The molecular weight excluding hydrogens is 240 g/mol. The molecule has 1 fully saturated rings. The molecule has 2 N–H and O–H groups in total. The van der Waals surface area contributed by atoms with Gasteiger partial charge in [-0.05, 0) is 24.3 Å². The van der Waals surface area contributed by atoms with Crippen molar-refractivity contribution in [3.05, 3.63) is 34.8 Å². The number of rotatable bonds is 4. The van der Waals surface area contributed by atoms with Crippen molar-refractivity contribution in [1.29, 1.82) is 0 Å². The minimum atomic E-state index is -0.0923. The van der Waals surface area contributed by atoms with Crippen LogP contribution in [0.1, 0.15) is 19.8 Å². The molecule has 0 aromatic carbocycles. The van der Waals surface area contributed by atoms with Crippen LogP contribution >= 0.6 is 0 Å². The number of nitrogens with zero attached hydrogens (tertiary/aromatic N) is 3. The van der Waals surface area contributed by atoms with Crippen molar-refractivity contribution >= 4 is 5.69 Å². The molecule has 5 nitrogen and oxygen atoms in total. The Labute approximate surface area is 113 Å². The van der Waals surface area contributed by atoms with Gasteiger partial charge in [0.15, 0.2) is 0 Å². The molecule has 0 bridgehead atoms. The summed E-state index contributed by atoms with van der Waals surface area (Å²) in [5.41, 5.74) is 7.11. The number of hydrogen-bond acceptors (Lipinski definition) is 4. The summed E-state index contributed by atoms with van der Waals surface area (Å²) < 4.78 is 1.41. The number of hydrogen-bond donors (Lipinski definition) is 1. The van der Waals surface area contributed by atoms with E-state index < -0.39 is 0 Å². The zero-order valence-electron chi connectivity index (χ0n) is 11.5. The monoisotopic (exact) mass is 262 g/mol. The fraction of sp³-hybridized carbons (Fsp3) is 0.571. The van der Waals surface area contributed by atoms with Gasteiger partial charge in [0, 0.05) is 25.7 Å². The van der Waals surface area contributed by atoms with Crippen LogP contribution in [0.5, 0.6) is 0 Å². The Kier molecular flexibility index (Phi) is 4.37. The Bertz CT molecular complexity index is 508. The second-order valence-electron chi connectivity index (χ2n) is 5.36. The zero-order valence-corrected chi connectivity index (χ0v) is 11.5. The van der Waals surface area contributed by atoms with Crippen LogP contribution in [0, 0.1) is 5.92 Å². The molecular formula is C14H22N4O. The van der Waals surface area contributed by atoms with Gasteiger partial charge in [-0.25, -0.2) is 4.68 Å². The van der Waals surface area contributed by atoms with E-state index in [4.69, 9.17) is 5.73 Å². The van der Waals surface area contributed by atoms with Gasteiger partial charge in [0.1, 0.15) is 0 Å². The molecule has 0 saturated carbocycles. The highest BCUT2D eigenvalue weighted by molar-refractivity contribution is 5.43. The highest BCUT2D eigenvalue weighted by Gasteiger charge is 2.17. The molecule has 1 saturated heterocycles. The number of aromatic nitrogens is 2. The van der Waals surface area contributed by atoms with Crippen LogP contribution in [0.15, 0.2) is 29.2 Å². The van der Waals surface area contributed by atoms with Gasteiger partial charge in [-0.1, -0.05) is 13.5 Å². The average molecular weight is 262 g/mol. The summed E-state index contributed by atoms with van der Waals surface area (Å²) >= 11 is 0. The Hall–Kier alpha value is -1.62. The normalized spacial score (nSPS) is 19.5. The third kappa shape index (κ3) is 3.44. The van der Waals surface area contributed by atoms with Gasteiger partial charge in [0.2, 0.25) is 0 Å². The maximum Gasteiger partial charge on any atom is 0.269 e. The predicted molar refractivity (Wildman–Crippen MR) is 77.3 cm³/mol. The Morgan fingerprint density at radius 2 is 2.42 bits per heavy atom. The molecule has 1 unspecified atom stereocenters. The standard InChI is InChI=1S/C14H22N4O/c1-11-4-3-5-17(9-11)13-6-14(19)18(16-8-13)10-12(2)7-15/h6,8,11H,2-5,7,9-10,15H2,1H3. The van der Waals surface area contributed by atoms with E-state index in [2.05, 4.69) is 23.5 Å². The smallest absolute Gasteiger partial charge is 0.269 e. The van der Waals surface area contributed by atoms with E-state index in [0.29, 0.717) is 19.0 Å². The van der Waals surface area contributed by atoms with Gasteiger partial charge >= 0.3 is 0 Å². The first kappa shape index (κ1) is 13.8. The Morgan fingerprint density at radius 1 is 1.63 bits per heavy atom. The van der Waals surface area contributed by atoms with Crippen LogP contribution in [0.25, 0.3) is 0 Å². The van der Waals surface area contributed by atoms with E-state index in [9.17, 15) is 4.79 Å². The van der Waals surface area contributed by atoms with Crippen molar-refractivity contribution in [3.63, 3.8) is 0 Å². The van der Waals surface area contributed by atoms with Crippen LogP contribution < -0.4 is 16.2 Å². The minimum Gasteiger partial charge on any atom is -0.370 e. The van der Waals surface area contributed by atoms with Crippen LogP contribution in [-0.4, -0.2) is 29.4 Å². The summed E-state index contributed by atoms with van der Waals surface area (Å²) in [6, 6.07) is 1.66. The first-order chi connectivity index (χ1) is 9.10. The average Bonchev–Trinajstić information content (AvgIpc) is 2.41. The second kappa shape index (κ2) is 6.02. The zero-order chi connectivity index (χ0) is 13.8. The van der Waals surface area contributed by atoms with Crippen molar-refractivity contribution in [2.24, 2.45) is 11.7 Å². The van der Waals surface area contributed by atoms with Gasteiger partial charge in [-0.15, -0.1) is 0 Å². The van der Waals surface area contributed by atoms with Crippen molar-refractivity contribution < 1.29 is 0 Å². The summed E-state index contributed by atoms with van der Waals surface area (Å²) in [6.07, 6.45) is 4.20. The molecule has 2 heterocycles. The number of nitrogens with two attached hydrogens (primary N) is 1. The van der Waals surface area contributed by atoms with Gasteiger partial charge in [0.05, 0.1) is 18.4 Å². The van der Waals surface area contributed by atoms with Gasteiger partial charge in [-0.2, -0.15) is 5.10 Å². The molecule has 0 radical (unpaired) electrons. The van der Waals surface area contributed by atoms with Gasteiger partial charge < -0.3 is 10.6 Å². The second-order valence-corrected chi connectivity index (χ2v) is 5.36. The van der Waals surface area contributed by atoms with Crippen molar-refractivity contribution in [3.8, 4) is 0 Å². The molecule has 2 rings (SSSR count). The number of piperidine rings is 1. The van der Waals surface area contributed by atoms with E-state index in [1.54, 1.807) is 12.3 Å². The number of anilines is 1. The molecule has 1 aromatic heterocycles. The van der Waals surface area contributed by atoms with Crippen molar-refractivity contribution in [1.82, 2.24) is 9.78 Å². The molecule has 104 valence electrons. The van der Waals surface area contributed by atoms with E-state index in [1.165, 1.54) is 17.5 Å². The maximum absolute atomic E-state index is 12.0. The van der Waals surface area contributed by atoms with Crippen LogP contribution in [0.2, 0.25) is 0 Å². The summed E-state index contributed by atoms with van der Waals surface area (Å²) in [5, 5.41) is 4.21. The minimum absolute atomic E-state index is 0.0923. The van der Waals surface area contributed by atoms with Crippen LogP contribution in [0.4, 0.5) is 5.69 Å². The topological polar surface area (TPSA) is 64.2 Å². The Morgan fingerprint density at radius 3 is 3.05 bits per heavy atom. The van der Waals surface area contributed by atoms with Crippen molar-refractivity contribution in [2.75, 3.05) is 24.5 Å². The quantitative estimate of drug-likeness (QED) is 0.822. The summed E-state index contributed by atoms with van der Waals surface area (Å²) in [4.78, 5) is 14.2. The molecule has 1 aliphatic heterocycles. The lowest BCUT2D eigenvalue weighted by Crippen LogP contribution is -2.36. The lowest BCUT2D eigenvalue weighted by atomic mass is 10.00. The van der Waals surface area contributed by atoms with E-state index in [-0.39, 0.29) is 5.56 Å². The molecule has 5 heteroatoms. The van der Waals surface area contributed by atoms with Gasteiger partial charge in [0.25, 0.3) is 5.56 Å². The molecule has 1 atom stereocenters. The summed E-state index contributed by atoms with van der Waals surface area (Å²) in [5.74, 6) is 0.674. The molecule has 0 spiro atoms. The fourth-order valence-corrected chi connectivity index (χ4v) is 2.42. The predicted octanol–water partition coefficient (Wildman–Crippen LogP) is 0.994. The third-order valence-electron chi connectivity index (χ3n) is 3.54. The first-order valence-electron chi connectivity index (χ1n) is 6.79. The largest absolute Gasteiger partial charge is 0.370 e. The highest BCUT2D eigenvalue weighted by Crippen LogP contribution is 2.20. The third-order valence-corrected chi connectivity index (χ3v) is 3.54. The van der Waals surface area contributed by atoms with E-state index in [0.717, 1.165) is 24.4 Å². The summed E-state index contributed by atoms with van der Waals surface area (Å²) in [7, 11) is 0. The van der Waals surface area contributed by atoms with Crippen molar-refractivity contribution in [2.45, 2.75) is 26.3 Å². The summed E-state index contributed by atoms with van der Waals surface area (Å²) in [6.45, 7) is 8.81. The molecule has 19 heavy (non-hydrogen) atoms. The lowest BCUT2D eigenvalue weighted by Gasteiger charge is -2.32. The van der Waals surface area contributed by atoms with E-state index in [1.807, 2.05) is 0 Å². The van der Waals surface area contributed by atoms with Crippen LogP contribution in [0.3, 0.4) is 0 Å². The molecule has 0 aliphatic carbocycles. The van der Waals surface area contributed by atoms with Gasteiger partial charge in [-0.3, -0.25) is 4.79 Å².